The quantitative estimate of drug-likeness (QED) is 0.196. The van der Waals surface area contributed by atoms with Gasteiger partial charge in [0.25, 0.3) is 5.91 Å². The Morgan fingerprint density at radius 1 is 0.781 bits per heavy atom. The summed E-state index contributed by atoms with van der Waals surface area (Å²) in [6, 6.07) is 6.88. The first-order valence-corrected chi connectivity index (χ1v) is 12.9. The molecule has 0 saturated heterocycles. The van der Waals surface area contributed by atoms with Crippen molar-refractivity contribution in [1.82, 2.24) is 5.32 Å². The van der Waals surface area contributed by atoms with E-state index in [2.05, 4.69) is 12.2 Å². The lowest BCUT2D eigenvalue weighted by molar-refractivity contribution is -0.135. The average Bonchev–Trinajstić information content (AvgIpc) is 2.79. The molecule has 0 bridgehead atoms. The van der Waals surface area contributed by atoms with Crippen molar-refractivity contribution in [2.75, 3.05) is 13.2 Å². The second-order valence-electron chi connectivity index (χ2n) is 8.76. The van der Waals surface area contributed by atoms with Crippen molar-refractivity contribution in [3.63, 3.8) is 0 Å². The summed E-state index contributed by atoms with van der Waals surface area (Å²) in [4.78, 5) is 22.5. The number of unbranched alkanes of at least 4 members (excludes halogenated alkanes) is 15. The van der Waals surface area contributed by atoms with Crippen molar-refractivity contribution in [3.8, 4) is 5.75 Å². The van der Waals surface area contributed by atoms with Crippen molar-refractivity contribution in [2.45, 2.75) is 110 Å². The van der Waals surface area contributed by atoms with Gasteiger partial charge in [-0.05, 0) is 24.6 Å². The highest BCUT2D eigenvalue weighted by Gasteiger charge is 2.08. The Morgan fingerprint density at radius 2 is 1.28 bits per heavy atom. The minimum Gasteiger partial charge on any atom is -0.494 e. The standard InChI is InChI=1S/C27H45NO4/c1-2-3-4-5-6-7-8-9-10-11-12-13-14-15-16-17-21-32-25-20-18-19-24(22-25)27(31)28-23-26(29)30/h18-20,22H,2-17,21,23H2,1H3,(H,28,31)(H,29,30). The van der Waals surface area contributed by atoms with E-state index in [1.807, 2.05) is 6.07 Å². The molecule has 0 atom stereocenters. The third-order valence-corrected chi connectivity index (χ3v) is 5.76. The molecule has 1 aromatic carbocycles. The summed E-state index contributed by atoms with van der Waals surface area (Å²) in [7, 11) is 0. The summed E-state index contributed by atoms with van der Waals surface area (Å²) in [6.45, 7) is 2.52. The van der Waals surface area contributed by atoms with Gasteiger partial charge in [0.15, 0.2) is 0 Å². The molecule has 5 nitrogen and oxygen atoms in total. The minimum absolute atomic E-state index is 0.386. The molecule has 0 aliphatic carbocycles. The fraction of sp³-hybridized carbons (Fsp3) is 0.704. The average molecular weight is 448 g/mol. The van der Waals surface area contributed by atoms with Crippen LogP contribution in [-0.4, -0.2) is 30.1 Å². The van der Waals surface area contributed by atoms with Gasteiger partial charge in [-0.1, -0.05) is 109 Å². The van der Waals surface area contributed by atoms with E-state index in [1.54, 1.807) is 18.2 Å². The van der Waals surface area contributed by atoms with Crippen LogP contribution in [-0.2, 0) is 4.79 Å². The number of hydrogen-bond donors (Lipinski definition) is 2. The highest BCUT2D eigenvalue weighted by atomic mass is 16.5. The van der Waals surface area contributed by atoms with Crippen molar-refractivity contribution < 1.29 is 19.4 Å². The lowest BCUT2D eigenvalue weighted by Gasteiger charge is -2.08. The molecule has 0 aliphatic heterocycles. The predicted molar refractivity (Wildman–Crippen MR) is 131 cm³/mol. The van der Waals surface area contributed by atoms with Gasteiger partial charge in [0, 0.05) is 5.56 Å². The van der Waals surface area contributed by atoms with Crippen LogP contribution in [0.15, 0.2) is 24.3 Å². The van der Waals surface area contributed by atoms with Gasteiger partial charge in [0.05, 0.1) is 6.61 Å². The second kappa shape index (κ2) is 19.6. The van der Waals surface area contributed by atoms with Gasteiger partial charge < -0.3 is 15.2 Å². The number of benzene rings is 1. The largest absolute Gasteiger partial charge is 0.494 e. The van der Waals surface area contributed by atoms with Gasteiger partial charge in [-0.15, -0.1) is 0 Å². The molecule has 0 saturated carbocycles. The number of aliphatic carboxylic acids is 1. The van der Waals surface area contributed by atoms with Crippen LogP contribution in [0.4, 0.5) is 0 Å². The molecule has 0 aromatic heterocycles. The van der Waals surface area contributed by atoms with E-state index < -0.39 is 11.9 Å². The zero-order valence-electron chi connectivity index (χ0n) is 20.2. The van der Waals surface area contributed by atoms with Crippen LogP contribution in [0.3, 0.4) is 0 Å². The van der Waals surface area contributed by atoms with Crippen LogP contribution in [0.25, 0.3) is 0 Å². The van der Waals surface area contributed by atoms with Crippen molar-refractivity contribution in [2.24, 2.45) is 0 Å². The number of ether oxygens (including phenoxy) is 1. The molecule has 2 N–H and O–H groups in total. The zero-order chi connectivity index (χ0) is 23.3. The first-order valence-electron chi connectivity index (χ1n) is 12.9. The number of carbonyl (C=O) groups is 2. The van der Waals surface area contributed by atoms with Crippen LogP contribution in [0, 0.1) is 0 Å². The first-order chi connectivity index (χ1) is 15.6. The molecular weight excluding hydrogens is 402 g/mol. The Hall–Kier alpha value is -2.04. The van der Waals surface area contributed by atoms with Crippen LogP contribution in [0.1, 0.15) is 120 Å². The number of carboxylic acids is 1. The van der Waals surface area contributed by atoms with Crippen molar-refractivity contribution >= 4 is 11.9 Å². The maximum absolute atomic E-state index is 11.9. The number of carbonyl (C=O) groups excluding carboxylic acids is 1. The molecule has 1 amide bonds. The molecule has 32 heavy (non-hydrogen) atoms. The summed E-state index contributed by atoms with van der Waals surface area (Å²) < 4.78 is 5.75. The molecule has 0 aliphatic rings. The van der Waals surface area contributed by atoms with Crippen LogP contribution < -0.4 is 10.1 Å². The smallest absolute Gasteiger partial charge is 0.322 e. The van der Waals surface area contributed by atoms with Gasteiger partial charge >= 0.3 is 5.97 Å². The van der Waals surface area contributed by atoms with Gasteiger partial charge in [-0.25, -0.2) is 0 Å². The fourth-order valence-corrected chi connectivity index (χ4v) is 3.83. The van der Waals surface area contributed by atoms with Gasteiger partial charge in [0.2, 0.25) is 0 Å². The van der Waals surface area contributed by atoms with Gasteiger partial charge in [0.1, 0.15) is 12.3 Å². The van der Waals surface area contributed by atoms with Crippen LogP contribution in [0.5, 0.6) is 5.75 Å². The fourth-order valence-electron chi connectivity index (χ4n) is 3.83. The van der Waals surface area contributed by atoms with Crippen molar-refractivity contribution in [3.05, 3.63) is 29.8 Å². The van der Waals surface area contributed by atoms with E-state index in [0.29, 0.717) is 17.9 Å². The van der Waals surface area contributed by atoms with E-state index in [4.69, 9.17) is 9.84 Å². The Balaban J connectivity index is 1.92. The lowest BCUT2D eigenvalue weighted by atomic mass is 10.0. The third kappa shape index (κ3) is 15.7. The maximum Gasteiger partial charge on any atom is 0.322 e. The maximum atomic E-state index is 11.9. The summed E-state index contributed by atoms with van der Waals surface area (Å²) in [5, 5.41) is 11.0. The molecule has 0 unspecified atom stereocenters. The predicted octanol–water partition coefficient (Wildman–Crippen LogP) is 7.14. The third-order valence-electron chi connectivity index (χ3n) is 5.76. The summed E-state index contributed by atoms with van der Waals surface area (Å²) >= 11 is 0. The molecule has 0 fully saturated rings. The van der Waals surface area contributed by atoms with Gasteiger partial charge in [-0.2, -0.15) is 0 Å². The zero-order valence-corrected chi connectivity index (χ0v) is 20.2. The number of hydrogen-bond acceptors (Lipinski definition) is 3. The van der Waals surface area contributed by atoms with E-state index in [1.165, 1.54) is 89.9 Å². The highest BCUT2D eigenvalue weighted by molar-refractivity contribution is 5.96. The molecule has 0 heterocycles. The van der Waals surface area contributed by atoms with Crippen LogP contribution in [0.2, 0.25) is 0 Å². The van der Waals surface area contributed by atoms with E-state index in [0.717, 1.165) is 12.8 Å². The Morgan fingerprint density at radius 3 is 1.78 bits per heavy atom. The van der Waals surface area contributed by atoms with Gasteiger partial charge in [-0.3, -0.25) is 9.59 Å². The monoisotopic (exact) mass is 447 g/mol. The summed E-state index contributed by atoms with van der Waals surface area (Å²) in [5.41, 5.74) is 0.413. The van der Waals surface area contributed by atoms with E-state index >= 15 is 0 Å². The molecular formula is C27H45NO4. The number of nitrogens with one attached hydrogen (secondary N) is 1. The van der Waals surface area contributed by atoms with E-state index in [-0.39, 0.29) is 6.54 Å². The van der Waals surface area contributed by atoms with Crippen molar-refractivity contribution in [1.29, 1.82) is 0 Å². The Bertz CT molecular complexity index is 617. The Labute approximate surface area is 195 Å². The number of carboxylic acid groups (broad SMARTS) is 1. The van der Waals surface area contributed by atoms with E-state index in [9.17, 15) is 9.59 Å². The molecule has 0 spiro atoms. The van der Waals surface area contributed by atoms with Crippen LogP contribution >= 0.6 is 0 Å². The first kappa shape index (κ1) is 28.0. The molecule has 1 rings (SSSR count). The Kier molecular flexibility index (Phi) is 17.2. The lowest BCUT2D eigenvalue weighted by Crippen LogP contribution is -2.29. The molecule has 1 aromatic rings. The summed E-state index contributed by atoms with van der Waals surface area (Å²) in [6.07, 6.45) is 21.5. The minimum atomic E-state index is -1.06. The topological polar surface area (TPSA) is 75.6 Å². The SMILES string of the molecule is CCCCCCCCCCCCCCCCCCOc1cccc(C(=O)NCC(=O)O)c1. The summed E-state index contributed by atoms with van der Waals surface area (Å²) in [5.74, 6) is -0.816. The molecule has 182 valence electrons. The second-order valence-corrected chi connectivity index (χ2v) is 8.76. The molecule has 0 radical (unpaired) electrons. The molecule has 5 heteroatoms. The number of amides is 1. The number of rotatable bonds is 21. The highest BCUT2D eigenvalue weighted by Crippen LogP contribution is 2.16. The normalized spacial score (nSPS) is 10.8.